The van der Waals surface area contributed by atoms with Crippen molar-refractivity contribution in [3.8, 4) is 5.75 Å². The summed E-state index contributed by atoms with van der Waals surface area (Å²) in [4.78, 5) is 35.8. The van der Waals surface area contributed by atoms with Gasteiger partial charge in [-0.3, -0.25) is 9.59 Å². The molecule has 0 saturated carbocycles. The Bertz CT molecular complexity index is 1080. The highest BCUT2D eigenvalue weighted by Crippen LogP contribution is 2.18. The minimum atomic E-state index is -0.818. The molecule has 0 heterocycles. The molecule has 0 atom stereocenters. The Kier molecular flexibility index (Phi) is 6.95. The molecule has 0 saturated heterocycles. The van der Waals surface area contributed by atoms with Crippen LogP contribution in [0.15, 0.2) is 72.8 Å². The van der Waals surface area contributed by atoms with E-state index < -0.39 is 17.9 Å². The van der Waals surface area contributed by atoms with E-state index in [1.165, 1.54) is 42.5 Å². The van der Waals surface area contributed by atoms with Crippen LogP contribution in [0.5, 0.6) is 5.75 Å². The van der Waals surface area contributed by atoms with Gasteiger partial charge in [-0.15, -0.1) is 0 Å². The maximum Gasteiger partial charge on any atom is 0.513 e. The molecule has 3 aromatic rings. The van der Waals surface area contributed by atoms with Crippen LogP contribution in [0.25, 0.3) is 0 Å². The van der Waals surface area contributed by atoms with Crippen LogP contribution in [0.2, 0.25) is 0 Å². The van der Waals surface area contributed by atoms with Crippen LogP contribution < -0.4 is 15.4 Å². The van der Waals surface area contributed by atoms with Gasteiger partial charge in [0.2, 0.25) is 0 Å². The standard InChI is InChI=1S/C23H19FN2O5/c1-2-30-23(29)31-18-13-7-15(8-14-18)21(27)25-16-9-11-17(12-10-16)26-22(28)19-5-3-4-6-20(19)24/h3-14H,2H2,1H3,(H,25,27)(H,26,28). The Hall–Kier alpha value is -4.20. The summed E-state index contributed by atoms with van der Waals surface area (Å²) < 4.78 is 23.3. The van der Waals surface area contributed by atoms with Gasteiger partial charge in [0, 0.05) is 16.9 Å². The van der Waals surface area contributed by atoms with E-state index in [-0.39, 0.29) is 23.8 Å². The molecule has 0 aliphatic carbocycles. The first kappa shape index (κ1) is 21.5. The molecule has 0 fully saturated rings. The minimum Gasteiger partial charge on any atom is -0.434 e. The van der Waals surface area contributed by atoms with Gasteiger partial charge in [-0.05, 0) is 67.6 Å². The van der Waals surface area contributed by atoms with E-state index in [0.717, 1.165) is 0 Å². The zero-order valence-electron chi connectivity index (χ0n) is 16.6. The fraction of sp³-hybridized carbons (Fsp3) is 0.0870. The van der Waals surface area contributed by atoms with Crippen LogP contribution in [0, 0.1) is 5.82 Å². The summed E-state index contributed by atoms with van der Waals surface area (Å²) >= 11 is 0. The van der Waals surface area contributed by atoms with Crippen LogP contribution in [-0.4, -0.2) is 24.6 Å². The molecule has 0 aromatic heterocycles. The summed E-state index contributed by atoms with van der Waals surface area (Å²) in [6.45, 7) is 1.86. The maximum atomic E-state index is 13.7. The second kappa shape index (κ2) is 10.0. The fourth-order valence-corrected chi connectivity index (χ4v) is 2.60. The molecule has 3 aromatic carbocycles. The third-order valence-electron chi connectivity index (χ3n) is 4.10. The summed E-state index contributed by atoms with van der Waals surface area (Å²) in [5.41, 5.74) is 1.25. The molecule has 3 rings (SSSR count). The highest BCUT2D eigenvalue weighted by molar-refractivity contribution is 6.05. The Labute approximate surface area is 177 Å². The molecule has 0 aliphatic heterocycles. The summed E-state index contributed by atoms with van der Waals surface area (Å²) in [7, 11) is 0. The van der Waals surface area contributed by atoms with Crippen LogP contribution >= 0.6 is 0 Å². The van der Waals surface area contributed by atoms with Gasteiger partial charge in [-0.1, -0.05) is 12.1 Å². The lowest BCUT2D eigenvalue weighted by Gasteiger charge is -2.09. The van der Waals surface area contributed by atoms with Gasteiger partial charge in [0.25, 0.3) is 11.8 Å². The van der Waals surface area contributed by atoms with E-state index in [9.17, 15) is 18.8 Å². The van der Waals surface area contributed by atoms with Crippen molar-refractivity contribution < 1.29 is 28.2 Å². The highest BCUT2D eigenvalue weighted by Gasteiger charge is 2.12. The van der Waals surface area contributed by atoms with Gasteiger partial charge in [0.05, 0.1) is 12.2 Å². The quantitative estimate of drug-likeness (QED) is 0.437. The third kappa shape index (κ3) is 5.89. The normalized spacial score (nSPS) is 10.1. The van der Waals surface area contributed by atoms with Gasteiger partial charge in [-0.2, -0.15) is 0 Å². The lowest BCUT2D eigenvalue weighted by atomic mass is 10.2. The lowest BCUT2D eigenvalue weighted by molar-refractivity contribution is 0.101. The van der Waals surface area contributed by atoms with E-state index in [4.69, 9.17) is 4.74 Å². The Morgan fingerprint density at radius 3 is 1.97 bits per heavy atom. The second-order valence-corrected chi connectivity index (χ2v) is 6.27. The molecule has 0 bridgehead atoms. The number of rotatable bonds is 6. The largest absolute Gasteiger partial charge is 0.513 e. The average Bonchev–Trinajstić information content (AvgIpc) is 2.76. The smallest absolute Gasteiger partial charge is 0.434 e. The van der Waals surface area contributed by atoms with Crippen molar-refractivity contribution in [2.45, 2.75) is 6.92 Å². The topological polar surface area (TPSA) is 93.7 Å². The van der Waals surface area contributed by atoms with Crippen LogP contribution in [-0.2, 0) is 4.74 Å². The zero-order valence-corrected chi connectivity index (χ0v) is 16.6. The van der Waals surface area contributed by atoms with Crippen molar-refractivity contribution in [2.75, 3.05) is 17.2 Å². The van der Waals surface area contributed by atoms with Gasteiger partial charge in [-0.25, -0.2) is 9.18 Å². The number of halogens is 1. The van der Waals surface area contributed by atoms with Gasteiger partial charge >= 0.3 is 6.16 Å². The number of amides is 2. The second-order valence-electron chi connectivity index (χ2n) is 6.27. The zero-order chi connectivity index (χ0) is 22.2. The molecule has 0 spiro atoms. The highest BCUT2D eigenvalue weighted by atomic mass is 19.1. The summed E-state index contributed by atoms with van der Waals surface area (Å²) in [5.74, 6) is -1.29. The molecule has 8 heteroatoms. The van der Waals surface area contributed by atoms with E-state index >= 15 is 0 Å². The number of carbonyl (C=O) groups is 3. The SMILES string of the molecule is CCOC(=O)Oc1ccc(C(=O)Nc2ccc(NC(=O)c3ccccc3F)cc2)cc1. The lowest BCUT2D eigenvalue weighted by Crippen LogP contribution is -2.14. The predicted molar refractivity (Wildman–Crippen MR) is 113 cm³/mol. The number of hydrogen-bond donors (Lipinski definition) is 2. The number of anilines is 2. The number of carbonyl (C=O) groups excluding carboxylic acids is 3. The van der Waals surface area contributed by atoms with Crippen molar-refractivity contribution in [3.05, 3.63) is 89.7 Å². The molecule has 7 nitrogen and oxygen atoms in total. The van der Waals surface area contributed by atoms with Gasteiger partial charge in [0.15, 0.2) is 0 Å². The first-order valence-corrected chi connectivity index (χ1v) is 9.38. The monoisotopic (exact) mass is 422 g/mol. The molecule has 31 heavy (non-hydrogen) atoms. The summed E-state index contributed by atoms with van der Waals surface area (Å²) in [6, 6.07) is 18.0. The number of hydrogen-bond acceptors (Lipinski definition) is 5. The van der Waals surface area contributed by atoms with Crippen molar-refractivity contribution >= 4 is 29.3 Å². The van der Waals surface area contributed by atoms with Crippen molar-refractivity contribution in [1.82, 2.24) is 0 Å². The number of benzene rings is 3. The molecule has 0 aliphatic rings. The summed E-state index contributed by atoms with van der Waals surface area (Å²) in [6.07, 6.45) is -0.818. The van der Waals surface area contributed by atoms with E-state index in [1.807, 2.05) is 0 Å². The Morgan fingerprint density at radius 1 is 0.806 bits per heavy atom. The van der Waals surface area contributed by atoms with E-state index in [1.54, 1.807) is 37.3 Å². The molecule has 158 valence electrons. The van der Waals surface area contributed by atoms with Crippen molar-refractivity contribution in [3.63, 3.8) is 0 Å². The first-order chi connectivity index (χ1) is 15.0. The van der Waals surface area contributed by atoms with Crippen LogP contribution in [0.3, 0.4) is 0 Å². The number of nitrogens with one attached hydrogen (secondary N) is 2. The van der Waals surface area contributed by atoms with Crippen LogP contribution in [0.1, 0.15) is 27.6 Å². The van der Waals surface area contributed by atoms with E-state index in [2.05, 4.69) is 15.4 Å². The molecule has 2 N–H and O–H groups in total. The Balaban J connectivity index is 1.58. The molecule has 0 unspecified atom stereocenters. The average molecular weight is 422 g/mol. The molecular weight excluding hydrogens is 403 g/mol. The van der Waals surface area contributed by atoms with Crippen LogP contribution in [0.4, 0.5) is 20.6 Å². The van der Waals surface area contributed by atoms with Crippen molar-refractivity contribution in [2.24, 2.45) is 0 Å². The number of ether oxygens (including phenoxy) is 2. The Morgan fingerprint density at radius 2 is 1.39 bits per heavy atom. The molecule has 2 amide bonds. The summed E-state index contributed by atoms with van der Waals surface area (Å²) in [5, 5.41) is 5.31. The molecule has 0 radical (unpaired) electrons. The fourth-order valence-electron chi connectivity index (χ4n) is 2.60. The van der Waals surface area contributed by atoms with E-state index in [0.29, 0.717) is 16.9 Å². The van der Waals surface area contributed by atoms with Gasteiger partial charge < -0.3 is 20.1 Å². The van der Waals surface area contributed by atoms with Gasteiger partial charge in [0.1, 0.15) is 11.6 Å². The van der Waals surface area contributed by atoms with Crippen molar-refractivity contribution in [1.29, 1.82) is 0 Å². The third-order valence-corrected chi connectivity index (χ3v) is 4.10. The predicted octanol–water partition coefficient (Wildman–Crippen LogP) is 4.87. The minimum absolute atomic E-state index is 0.0599. The molecular formula is C23H19FN2O5. The maximum absolute atomic E-state index is 13.7. The first-order valence-electron chi connectivity index (χ1n) is 9.38.